The molecule has 0 amide bonds. The second-order valence-electron chi connectivity index (χ2n) is 5.69. The maximum atomic E-state index is 4.30. The van der Waals surface area contributed by atoms with Crippen LogP contribution in [0.15, 0.2) is 18.5 Å². The van der Waals surface area contributed by atoms with Crippen molar-refractivity contribution in [2.24, 2.45) is 0 Å². The number of aromatic nitrogens is 1. The van der Waals surface area contributed by atoms with Gasteiger partial charge in [-0.05, 0) is 49.8 Å². The lowest BCUT2D eigenvalue weighted by Crippen LogP contribution is -2.33. The van der Waals surface area contributed by atoms with Crippen LogP contribution in [0.4, 0.5) is 0 Å². The summed E-state index contributed by atoms with van der Waals surface area (Å²) < 4.78 is 0. The molecule has 2 nitrogen and oxygen atoms in total. The second kappa shape index (κ2) is 6.15. The summed E-state index contributed by atoms with van der Waals surface area (Å²) in [5.41, 5.74) is 2.76. The monoisotopic (exact) mass is 234 g/mol. The van der Waals surface area contributed by atoms with Crippen molar-refractivity contribution < 1.29 is 0 Å². The molecule has 0 saturated carbocycles. The molecule has 1 atom stereocenters. The van der Waals surface area contributed by atoms with E-state index in [1.807, 2.05) is 12.4 Å². The summed E-state index contributed by atoms with van der Waals surface area (Å²) in [5, 5.41) is 3.55. The fourth-order valence-electron chi connectivity index (χ4n) is 2.27. The van der Waals surface area contributed by atoms with Gasteiger partial charge in [-0.25, -0.2) is 0 Å². The van der Waals surface area contributed by atoms with E-state index in [0.29, 0.717) is 6.04 Å². The number of nitrogens with one attached hydrogen (secondary N) is 1. The summed E-state index contributed by atoms with van der Waals surface area (Å²) in [6.45, 7) is 12.3. The maximum absolute atomic E-state index is 4.30. The van der Waals surface area contributed by atoms with Gasteiger partial charge >= 0.3 is 0 Å². The van der Waals surface area contributed by atoms with Gasteiger partial charge in [-0.2, -0.15) is 0 Å². The number of nitrogens with zero attached hydrogens (tertiary/aromatic N) is 1. The topological polar surface area (TPSA) is 24.9 Å². The maximum Gasteiger partial charge on any atom is 0.0305 e. The fraction of sp³-hybridized carbons (Fsp3) is 0.667. The molecule has 1 heterocycles. The van der Waals surface area contributed by atoms with Crippen molar-refractivity contribution in [3.05, 3.63) is 29.6 Å². The van der Waals surface area contributed by atoms with Crippen LogP contribution in [0.2, 0.25) is 0 Å². The first kappa shape index (κ1) is 14.2. The number of hydrogen-bond acceptors (Lipinski definition) is 2. The third-order valence-electron chi connectivity index (χ3n) is 3.22. The van der Waals surface area contributed by atoms with Crippen LogP contribution in [0.5, 0.6) is 0 Å². The molecule has 0 radical (unpaired) electrons. The number of hydrogen-bond donors (Lipinski definition) is 1. The van der Waals surface area contributed by atoms with Gasteiger partial charge in [0, 0.05) is 18.4 Å². The highest BCUT2D eigenvalue weighted by atomic mass is 14.9. The van der Waals surface area contributed by atoms with Crippen LogP contribution in [-0.2, 0) is 5.41 Å². The van der Waals surface area contributed by atoms with Crippen molar-refractivity contribution >= 4 is 0 Å². The predicted molar refractivity (Wildman–Crippen MR) is 74.4 cm³/mol. The van der Waals surface area contributed by atoms with E-state index in [1.54, 1.807) is 0 Å². The molecule has 0 aliphatic rings. The molecule has 1 unspecified atom stereocenters. The van der Waals surface area contributed by atoms with Gasteiger partial charge in [-0.15, -0.1) is 0 Å². The normalized spacial score (nSPS) is 13.7. The summed E-state index contributed by atoms with van der Waals surface area (Å²) in [7, 11) is 0. The highest BCUT2D eigenvalue weighted by Crippen LogP contribution is 2.28. The highest BCUT2D eigenvalue weighted by molar-refractivity contribution is 5.24. The zero-order chi connectivity index (χ0) is 12.9. The van der Waals surface area contributed by atoms with Crippen molar-refractivity contribution in [1.29, 1.82) is 0 Å². The zero-order valence-corrected chi connectivity index (χ0v) is 11.9. The summed E-state index contributed by atoms with van der Waals surface area (Å²) in [6, 6.07) is 2.80. The standard InChI is InChI=1S/C15H26N2/c1-6-7-17-13(3)9-15(4,5)14-8-12(2)10-16-11-14/h8,10-11,13,17H,6-7,9H2,1-5H3. The van der Waals surface area contributed by atoms with Crippen molar-refractivity contribution in [1.82, 2.24) is 10.3 Å². The first-order chi connectivity index (χ1) is 7.95. The third kappa shape index (κ3) is 4.47. The van der Waals surface area contributed by atoms with E-state index < -0.39 is 0 Å². The molecule has 0 aromatic carbocycles. The van der Waals surface area contributed by atoms with Gasteiger partial charge < -0.3 is 5.32 Å². The van der Waals surface area contributed by atoms with Gasteiger partial charge in [0.1, 0.15) is 0 Å². The van der Waals surface area contributed by atoms with E-state index in [4.69, 9.17) is 0 Å². The average molecular weight is 234 g/mol. The summed E-state index contributed by atoms with van der Waals surface area (Å²) in [5.74, 6) is 0. The minimum Gasteiger partial charge on any atom is -0.314 e. The number of pyridine rings is 1. The number of rotatable bonds is 6. The van der Waals surface area contributed by atoms with Gasteiger partial charge in [-0.3, -0.25) is 4.98 Å². The van der Waals surface area contributed by atoms with Gasteiger partial charge in [-0.1, -0.05) is 26.8 Å². The van der Waals surface area contributed by atoms with Crippen molar-refractivity contribution in [2.75, 3.05) is 6.54 Å². The smallest absolute Gasteiger partial charge is 0.0305 e. The molecule has 2 heteroatoms. The lowest BCUT2D eigenvalue weighted by Gasteiger charge is -2.29. The number of aryl methyl sites for hydroxylation is 1. The Morgan fingerprint density at radius 3 is 2.65 bits per heavy atom. The molecule has 0 bridgehead atoms. The Labute approximate surface area is 106 Å². The lowest BCUT2D eigenvalue weighted by atomic mass is 9.80. The Kier molecular flexibility index (Phi) is 5.13. The molecule has 1 aromatic rings. The van der Waals surface area contributed by atoms with E-state index in [0.717, 1.165) is 13.0 Å². The highest BCUT2D eigenvalue weighted by Gasteiger charge is 2.23. The van der Waals surface area contributed by atoms with Crippen molar-refractivity contribution in [3.8, 4) is 0 Å². The summed E-state index contributed by atoms with van der Waals surface area (Å²) in [6.07, 6.45) is 6.24. The quantitative estimate of drug-likeness (QED) is 0.815. The van der Waals surface area contributed by atoms with Crippen LogP contribution in [0.3, 0.4) is 0 Å². The van der Waals surface area contributed by atoms with Crippen LogP contribution in [0, 0.1) is 6.92 Å². The van der Waals surface area contributed by atoms with E-state index >= 15 is 0 Å². The molecule has 0 spiro atoms. The summed E-state index contributed by atoms with van der Waals surface area (Å²) in [4.78, 5) is 4.30. The van der Waals surface area contributed by atoms with Gasteiger partial charge in [0.15, 0.2) is 0 Å². The Hall–Kier alpha value is -0.890. The zero-order valence-electron chi connectivity index (χ0n) is 11.9. The van der Waals surface area contributed by atoms with E-state index in [-0.39, 0.29) is 5.41 Å². The van der Waals surface area contributed by atoms with E-state index in [9.17, 15) is 0 Å². The van der Waals surface area contributed by atoms with Crippen LogP contribution in [0.1, 0.15) is 51.7 Å². The SMILES string of the molecule is CCCNC(C)CC(C)(C)c1cncc(C)c1. The molecule has 96 valence electrons. The minimum atomic E-state index is 0.180. The Morgan fingerprint density at radius 2 is 2.06 bits per heavy atom. The summed E-state index contributed by atoms with van der Waals surface area (Å²) >= 11 is 0. The first-order valence-electron chi connectivity index (χ1n) is 6.61. The Bertz CT molecular complexity index is 345. The molecule has 0 saturated heterocycles. The van der Waals surface area contributed by atoms with Crippen LogP contribution in [-0.4, -0.2) is 17.6 Å². The predicted octanol–water partition coefficient (Wildman–Crippen LogP) is 3.45. The van der Waals surface area contributed by atoms with E-state index in [1.165, 1.54) is 17.5 Å². The molecule has 17 heavy (non-hydrogen) atoms. The van der Waals surface area contributed by atoms with Crippen LogP contribution in [0.25, 0.3) is 0 Å². The van der Waals surface area contributed by atoms with Crippen molar-refractivity contribution in [2.45, 2.75) is 58.9 Å². The van der Waals surface area contributed by atoms with E-state index in [2.05, 4.69) is 51.0 Å². The molecule has 1 N–H and O–H groups in total. The fourth-order valence-corrected chi connectivity index (χ4v) is 2.27. The lowest BCUT2D eigenvalue weighted by molar-refractivity contribution is 0.388. The molecule has 0 fully saturated rings. The van der Waals surface area contributed by atoms with Crippen LogP contribution >= 0.6 is 0 Å². The van der Waals surface area contributed by atoms with Gasteiger partial charge in [0.25, 0.3) is 0 Å². The van der Waals surface area contributed by atoms with Gasteiger partial charge in [0.05, 0.1) is 0 Å². The molecular formula is C15H26N2. The van der Waals surface area contributed by atoms with Crippen molar-refractivity contribution in [3.63, 3.8) is 0 Å². The molecule has 1 aromatic heterocycles. The average Bonchev–Trinajstić information content (AvgIpc) is 2.26. The third-order valence-corrected chi connectivity index (χ3v) is 3.22. The minimum absolute atomic E-state index is 0.180. The molecule has 1 rings (SSSR count). The molecule has 0 aliphatic heterocycles. The molecule has 0 aliphatic carbocycles. The molecular weight excluding hydrogens is 208 g/mol. The Morgan fingerprint density at radius 1 is 1.35 bits per heavy atom. The first-order valence-corrected chi connectivity index (χ1v) is 6.61. The Balaban J connectivity index is 2.67. The van der Waals surface area contributed by atoms with Crippen LogP contribution < -0.4 is 5.32 Å². The van der Waals surface area contributed by atoms with Gasteiger partial charge in [0.2, 0.25) is 0 Å². The second-order valence-corrected chi connectivity index (χ2v) is 5.69. The largest absolute Gasteiger partial charge is 0.314 e.